The van der Waals surface area contributed by atoms with Crippen LogP contribution >= 0.6 is 11.3 Å². The van der Waals surface area contributed by atoms with E-state index in [-0.39, 0.29) is 5.04 Å². The molecular weight excluding hydrogens is 238 g/mol. The number of thiazole rings is 1. The molecule has 0 saturated carbocycles. The maximum absolute atomic E-state index is 9.88. The van der Waals surface area contributed by atoms with Gasteiger partial charge in [0, 0.05) is 11.6 Å². The van der Waals surface area contributed by atoms with Crippen LogP contribution in [0.5, 0.6) is 0 Å². The topological polar surface area (TPSA) is 42.4 Å². The molecule has 0 radical (unpaired) electrons. The standard InChI is InChI=1S/C11H21NO2SSi/c1-11(2,3)16(4,5)14-8-9(13)10-12-6-7-15-10/h6-7,9,13H,8H2,1-5H3. The largest absolute Gasteiger partial charge is 0.414 e. The van der Waals surface area contributed by atoms with Gasteiger partial charge in [-0.3, -0.25) is 0 Å². The Labute approximate surface area is 103 Å². The Morgan fingerprint density at radius 3 is 2.56 bits per heavy atom. The van der Waals surface area contributed by atoms with Gasteiger partial charge in [-0.1, -0.05) is 20.8 Å². The van der Waals surface area contributed by atoms with E-state index in [0.717, 1.165) is 5.01 Å². The van der Waals surface area contributed by atoms with E-state index in [1.807, 2.05) is 5.38 Å². The summed E-state index contributed by atoms with van der Waals surface area (Å²) in [5.74, 6) is 0. The number of nitrogens with zero attached hydrogens (tertiary/aromatic N) is 1. The second-order valence-corrected chi connectivity index (χ2v) is 11.2. The highest BCUT2D eigenvalue weighted by Crippen LogP contribution is 2.37. The molecule has 0 aliphatic rings. The SMILES string of the molecule is CC(C)(C)[Si](C)(C)OCC(O)c1nccs1. The van der Waals surface area contributed by atoms with Crippen LogP contribution < -0.4 is 0 Å². The fourth-order valence-electron chi connectivity index (χ4n) is 0.974. The first-order valence-corrected chi connectivity index (χ1v) is 9.24. The number of aliphatic hydroxyl groups excluding tert-OH is 1. The molecule has 1 aromatic rings. The van der Waals surface area contributed by atoms with Crippen molar-refractivity contribution in [2.24, 2.45) is 0 Å². The van der Waals surface area contributed by atoms with E-state index in [0.29, 0.717) is 6.61 Å². The zero-order valence-electron chi connectivity index (χ0n) is 10.7. The van der Waals surface area contributed by atoms with Gasteiger partial charge in [0.25, 0.3) is 0 Å². The first-order valence-electron chi connectivity index (χ1n) is 5.45. The van der Waals surface area contributed by atoms with Gasteiger partial charge in [0.2, 0.25) is 0 Å². The van der Waals surface area contributed by atoms with Crippen LogP contribution in [-0.2, 0) is 4.43 Å². The van der Waals surface area contributed by atoms with Gasteiger partial charge in [-0.15, -0.1) is 11.3 Å². The minimum Gasteiger partial charge on any atom is -0.414 e. The average molecular weight is 259 g/mol. The summed E-state index contributed by atoms with van der Waals surface area (Å²) in [7, 11) is -1.76. The van der Waals surface area contributed by atoms with Gasteiger partial charge in [-0.25, -0.2) is 4.98 Å². The Morgan fingerprint density at radius 2 is 2.12 bits per heavy atom. The van der Waals surface area contributed by atoms with Gasteiger partial charge in [-0.2, -0.15) is 0 Å². The minimum atomic E-state index is -1.76. The van der Waals surface area contributed by atoms with Crippen LogP contribution in [0.4, 0.5) is 0 Å². The van der Waals surface area contributed by atoms with Gasteiger partial charge in [0.1, 0.15) is 11.1 Å². The van der Waals surface area contributed by atoms with Gasteiger partial charge in [-0.05, 0) is 18.1 Å². The molecule has 92 valence electrons. The molecule has 1 aromatic heterocycles. The second-order valence-electron chi connectivity index (χ2n) is 5.46. The van der Waals surface area contributed by atoms with Crippen molar-refractivity contribution in [1.82, 2.24) is 4.98 Å². The van der Waals surface area contributed by atoms with Gasteiger partial charge >= 0.3 is 0 Å². The van der Waals surface area contributed by atoms with Crippen molar-refractivity contribution in [3.05, 3.63) is 16.6 Å². The first-order chi connectivity index (χ1) is 7.24. The fraction of sp³-hybridized carbons (Fsp3) is 0.727. The number of rotatable bonds is 4. The molecule has 3 nitrogen and oxygen atoms in total. The van der Waals surface area contributed by atoms with Crippen LogP contribution in [0.3, 0.4) is 0 Å². The lowest BCUT2D eigenvalue weighted by Gasteiger charge is -2.36. The first kappa shape index (κ1) is 13.8. The van der Waals surface area contributed by atoms with E-state index in [1.165, 1.54) is 11.3 Å². The van der Waals surface area contributed by atoms with E-state index in [9.17, 15) is 5.11 Å². The summed E-state index contributed by atoms with van der Waals surface area (Å²) in [5, 5.41) is 12.7. The fourth-order valence-corrected chi connectivity index (χ4v) is 2.59. The molecule has 0 aliphatic carbocycles. The van der Waals surface area contributed by atoms with Crippen molar-refractivity contribution in [2.45, 2.75) is 45.0 Å². The van der Waals surface area contributed by atoms with Gasteiger partial charge in [0.05, 0.1) is 6.61 Å². The molecule has 0 saturated heterocycles. The van der Waals surface area contributed by atoms with E-state index in [1.54, 1.807) is 6.20 Å². The highest BCUT2D eigenvalue weighted by molar-refractivity contribution is 7.09. The Bertz CT molecular complexity index is 319. The molecular formula is C11H21NO2SSi. The maximum atomic E-state index is 9.88. The zero-order chi connectivity index (χ0) is 12.4. The van der Waals surface area contributed by atoms with Crippen LogP contribution in [0.2, 0.25) is 18.1 Å². The number of hydrogen-bond donors (Lipinski definition) is 1. The predicted octanol–water partition coefficient (Wildman–Crippen LogP) is 3.20. The monoisotopic (exact) mass is 259 g/mol. The van der Waals surface area contributed by atoms with E-state index in [4.69, 9.17) is 4.43 Å². The Morgan fingerprint density at radius 1 is 1.50 bits per heavy atom. The summed E-state index contributed by atoms with van der Waals surface area (Å²) >= 11 is 1.46. The van der Waals surface area contributed by atoms with Crippen molar-refractivity contribution in [3.63, 3.8) is 0 Å². The second kappa shape index (κ2) is 4.95. The lowest BCUT2D eigenvalue weighted by molar-refractivity contribution is 0.100. The molecule has 0 fully saturated rings. The molecule has 0 bridgehead atoms. The molecule has 0 aromatic carbocycles. The van der Waals surface area contributed by atoms with E-state index < -0.39 is 14.4 Å². The number of aliphatic hydroxyl groups is 1. The molecule has 1 unspecified atom stereocenters. The van der Waals surface area contributed by atoms with E-state index >= 15 is 0 Å². The molecule has 5 heteroatoms. The van der Waals surface area contributed by atoms with Crippen molar-refractivity contribution < 1.29 is 9.53 Å². The maximum Gasteiger partial charge on any atom is 0.192 e. The van der Waals surface area contributed by atoms with Crippen molar-refractivity contribution in [2.75, 3.05) is 6.61 Å². The highest BCUT2D eigenvalue weighted by atomic mass is 32.1. The third-order valence-electron chi connectivity index (χ3n) is 3.14. The lowest BCUT2D eigenvalue weighted by atomic mass is 10.2. The summed E-state index contributed by atoms with van der Waals surface area (Å²) in [6.07, 6.45) is 1.12. The van der Waals surface area contributed by atoms with E-state index in [2.05, 4.69) is 38.8 Å². The summed E-state index contributed by atoms with van der Waals surface area (Å²) in [4.78, 5) is 4.08. The molecule has 1 heterocycles. The molecule has 1 atom stereocenters. The summed E-state index contributed by atoms with van der Waals surface area (Å²) in [6.45, 7) is 11.3. The normalized spacial score (nSPS) is 15.1. The van der Waals surface area contributed by atoms with Crippen LogP contribution in [0, 0.1) is 0 Å². The molecule has 16 heavy (non-hydrogen) atoms. The third kappa shape index (κ3) is 3.38. The molecule has 1 N–H and O–H groups in total. The quantitative estimate of drug-likeness (QED) is 0.844. The molecule has 0 spiro atoms. The highest BCUT2D eigenvalue weighted by Gasteiger charge is 2.37. The molecule has 0 amide bonds. The molecule has 1 rings (SSSR count). The number of hydrogen-bond acceptors (Lipinski definition) is 4. The number of aromatic nitrogens is 1. The van der Waals surface area contributed by atoms with Crippen LogP contribution in [0.25, 0.3) is 0 Å². The van der Waals surface area contributed by atoms with Crippen LogP contribution in [0.15, 0.2) is 11.6 Å². The zero-order valence-corrected chi connectivity index (χ0v) is 12.5. The van der Waals surface area contributed by atoms with Crippen molar-refractivity contribution in [1.29, 1.82) is 0 Å². The third-order valence-corrected chi connectivity index (χ3v) is 8.52. The van der Waals surface area contributed by atoms with Gasteiger partial charge < -0.3 is 9.53 Å². The Hall–Kier alpha value is -0.233. The average Bonchev–Trinajstić information content (AvgIpc) is 2.65. The van der Waals surface area contributed by atoms with Crippen LogP contribution in [-0.4, -0.2) is 25.0 Å². The van der Waals surface area contributed by atoms with Crippen LogP contribution in [0.1, 0.15) is 31.9 Å². The van der Waals surface area contributed by atoms with Gasteiger partial charge in [0.15, 0.2) is 8.32 Å². The van der Waals surface area contributed by atoms with Crippen molar-refractivity contribution >= 4 is 19.7 Å². The smallest absolute Gasteiger partial charge is 0.192 e. The molecule has 0 aliphatic heterocycles. The summed E-state index contributed by atoms with van der Waals surface area (Å²) in [6, 6.07) is 0. The summed E-state index contributed by atoms with van der Waals surface area (Å²) < 4.78 is 5.94. The van der Waals surface area contributed by atoms with Crippen molar-refractivity contribution in [3.8, 4) is 0 Å². The minimum absolute atomic E-state index is 0.176. The lowest BCUT2D eigenvalue weighted by Crippen LogP contribution is -2.41. The predicted molar refractivity (Wildman–Crippen MR) is 70.2 cm³/mol. The Balaban J connectivity index is 2.52. The Kier molecular flexibility index (Phi) is 4.28. The summed E-state index contributed by atoms with van der Waals surface area (Å²) in [5.41, 5.74) is 0.